The minimum absolute atomic E-state index is 0.0177. The number of nitrogens with two attached hydrogens (primary N) is 1. The molecule has 3 heterocycles. The molecule has 31 heavy (non-hydrogen) atoms. The van der Waals surface area contributed by atoms with Crippen LogP contribution in [0.2, 0.25) is 5.02 Å². The Kier molecular flexibility index (Phi) is 5.09. The summed E-state index contributed by atoms with van der Waals surface area (Å²) in [5.41, 5.74) is 6.55. The van der Waals surface area contributed by atoms with Gasteiger partial charge in [-0.3, -0.25) is 0 Å². The summed E-state index contributed by atoms with van der Waals surface area (Å²) in [6.07, 6.45) is 1.30. The molecule has 160 valence electrons. The van der Waals surface area contributed by atoms with Gasteiger partial charge in [0.2, 0.25) is 0 Å². The predicted molar refractivity (Wildman–Crippen MR) is 119 cm³/mol. The number of aromatic nitrogens is 3. The second-order valence-electron chi connectivity index (χ2n) is 7.25. The second kappa shape index (κ2) is 7.79. The summed E-state index contributed by atoms with van der Waals surface area (Å²) in [6, 6.07) is 4.19. The van der Waals surface area contributed by atoms with E-state index in [9.17, 15) is 9.50 Å². The van der Waals surface area contributed by atoms with E-state index in [2.05, 4.69) is 20.3 Å². The van der Waals surface area contributed by atoms with Crippen LogP contribution in [0.25, 0.3) is 32.2 Å². The van der Waals surface area contributed by atoms with Crippen LogP contribution in [0.15, 0.2) is 24.5 Å². The third-order valence-corrected chi connectivity index (χ3v) is 6.55. The Morgan fingerprint density at radius 1 is 1.29 bits per heavy atom. The molecule has 0 spiro atoms. The van der Waals surface area contributed by atoms with E-state index in [1.807, 2.05) is 4.90 Å². The van der Waals surface area contributed by atoms with E-state index in [0.717, 1.165) is 11.3 Å². The zero-order chi connectivity index (χ0) is 21.7. The van der Waals surface area contributed by atoms with Crippen LogP contribution in [0.1, 0.15) is 0 Å². The molecule has 1 saturated heterocycles. The van der Waals surface area contributed by atoms with Crippen molar-refractivity contribution in [2.75, 3.05) is 36.9 Å². The van der Waals surface area contributed by atoms with E-state index in [1.165, 1.54) is 18.5 Å². The summed E-state index contributed by atoms with van der Waals surface area (Å²) in [6.45, 7) is 1.79. The monoisotopic (exact) mass is 462 g/mol. The fraction of sp³-hybridized carbons (Fsp3) is 0.250. The Labute approximate surface area is 184 Å². The number of hydrogen-bond acceptors (Lipinski definition) is 8. The summed E-state index contributed by atoms with van der Waals surface area (Å²) < 4.78 is 30.2. The highest BCUT2D eigenvalue weighted by atomic mass is 35.5. The summed E-state index contributed by atoms with van der Waals surface area (Å²) >= 11 is 7.54. The molecule has 11 heteroatoms. The van der Waals surface area contributed by atoms with Gasteiger partial charge in [-0.2, -0.15) is 0 Å². The lowest BCUT2D eigenvalue weighted by Crippen LogP contribution is -2.52. The number of halogens is 3. The molecule has 4 N–H and O–H groups in total. The summed E-state index contributed by atoms with van der Waals surface area (Å²) in [5.74, 6) is -0.578. The third kappa shape index (κ3) is 3.35. The molecule has 1 aliphatic rings. The number of hydrogen-bond donors (Lipinski definition) is 3. The first-order valence-electron chi connectivity index (χ1n) is 9.54. The van der Waals surface area contributed by atoms with E-state index in [1.54, 1.807) is 6.07 Å². The molecule has 1 fully saturated rings. The van der Waals surface area contributed by atoms with E-state index in [0.29, 0.717) is 36.4 Å². The fourth-order valence-electron chi connectivity index (χ4n) is 3.95. The van der Waals surface area contributed by atoms with E-state index >= 15 is 4.39 Å². The molecule has 1 aliphatic heterocycles. The molecule has 0 amide bonds. The number of anilines is 2. The molecule has 4 aromatic rings. The smallest absolute Gasteiger partial charge is 0.181 e. The van der Waals surface area contributed by atoms with Gasteiger partial charge in [-0.15, -0.1) is 0 Å². The molecule has 5 rings (SSSR count). The van der Waals surface area contributed by atoms with Gasteiger partial charge in [-0.25, -0.2) is 23.7 Å². The standard InChI is InChI=1S/C20H17ClF2N6OS/c21-12-5-11-16(26-8-27-19(11)29-4-3-25-9(6-29)7-30)15(23)14(12)10-1-2-13(22)18-17(10)28-20(24)31-18/h1-2,5,8-9,25,30H,3-4,6-7H2,(H2,24,28). The van der Waals surface area contributed by atoms with Crippen molar-refractivity contribution in [3.8, 4) is 11.1 Å². The number of thiazole rings is 1. The Bertz CT molecular complexity index is 1320. The van der Waals surface area contributed by atoms with Crippen LogP contribution in [-0.2, 0) is 0 Å². The number of aliphatic hydroxyl groups excluding tert-OH is 1. The van der Waals surface area contributed by atoms with Crippen molar-refractivity contribution in [3.05, 3.63) is 41.2 Å². The predicted octanol–water partition coefficient (Wildman–Crippen LogP) is 3.19. The van der Waals surface area contributed by atoms with Crippen LogP contribution in [0, 0.1) is 11.6 Å². The number of rotatable bonds is 3. The van der Waals surface area contributed by atoms with Gasteiger partial charge in [0.25, 0.3) is 0 Å². The van der Waals surface area contributed by atoms with E-state index < -0.39 is 11.6 Å². The Morgan fingerprint density at radius 3 is 2.94 bits per heavy atom. The highest BCUT2D eigenvalue weighted by Gasteiger charge is 2.25. The van der Waals surface area contributed by atoms with Crippen LogP contribution < -0.4 is 16.0 Å². The molecule has 2 aromatic heterocycles. The van der Waals surface area contributed by atoms with Crippen molar-refractivity contribution < 1.29 is 13.9 Å². The highest BCUT2D eigenvalue weighted by molar-refractivity contribution is 7.22. The summed E-state index contributed by atoms with van der Waals surface area (Å²) in [7, 11) is 0. The molecule has 0 bridgehead atoms. The number of piperazine rings is 1. The van der Waals surface area contributed by atoms with Gasteiger partial charge in [-0.05, 0) is 18.2 Å². The van der Waals surface area contributed by atoms with Gasteiger partial charge >= 0.3 is 0 Å². The maximum atomic E-state index is 15.7. The topological polar surface area (TPSA) is 100 Å². The third-order valence-electron chi connectivity index (χ3n) is 5.36. The van der Waals surface area contributed by atoms with E-state index in [-0.39, 0.29) is 44.1 Å². The first-order chi connectivity index (χ1) is 15.0. The summed E-state index contributed by atoms with van der Waals surface area (Å²) in [5, 5.41) is 13.5. The maximum absolute atomic E-state index is 15.7. The minimum atomic E-state index is -0.639. The largest absolute Gasteiger partial charge is 0.395 e. The number of nitrogens with one attached hydrogen (secondary N) is 1. The molecule has 0 radical (unpaired) electrons. The van der Waals surface area contributed by atoms with Crippen molar-refractivity contribution in [1.82, 2.24) is 20.3 Å². The Hall–Kier alpha value is -2.66. The molecule has 2 aromatic carbocycles. The second-order valence-corrected chi connectivity index (χ2v) is 8.68. The molecular formula is C20H17ClF2N6OS. The van der Waals surface area contributed by atoms with Gasteiger partial charge < -0.3 is 21.1 Å². The number of fused-ring (bicyclic) bond motifs is 2. The quantitative estimate of drug-likeness (QED) is 0.430. The molecular weight excluding hydrogens is 446 g/mol. The van der Waals surface area contributed by atoms with Crippen molar-refractivity contribution in [2.24, 2.45) is 0 Å². The average Bonchev–Trinajstić information content (AvgIpc) is 3.17. The molecule has 0 saturated carbocycles. The normalized spacial score (nSPS) is 17.0. The first kappa shape index (κ1) is 20.3. The van der Waals surface area contributed by atoms with E-state index in [4.69, 9.17) is 17.3 Å². The zero-order valence-electron chi connectivity index (χ0n) is 16.1. The van der Waals surface area contributed by atoms with Crippen molar-refractivity contribution in [2.45, 2.75) is 6.04 Å². The van der Waals surface area contributed by atoms with Gasteiger partial charge in [0.15, 0.2) is 10.9 Å². The van der Waals surface area contributed by atoms with Gasteiger partial charge in [0.05, 0.1) is 21.8 Å². The molecule has 1 unspecified atom stereocenters. The maximum Gasteiger partial charge on any atom is 0.181 e. The highest BCUT2D eigenvalue weighted by Crippen LogP contribution is 2.42. The van der Waals surface area contributed by atoms with Gasteiger partial charge in [0.1, 0.15) is 23.5 Å². The number of nitrogens with zero attached hydrogens (tertiary/aromatic N) is 4. The number of benzene rings is 2. The number of aliphatic hydroxyl groups is 1. The lowest BCUT2D eigenvalue weighted by molar-refractivity contribution is 0.235. The van der Waals surface area contributed by atoms with Gasteiger partial charge in [-0.1, -0.05) is 22.9 Å². The Morgan fingerprint density at radius 2 is 2.13 bits per heavy atom. The zero-order valence-corrected chi connectivity index (χ0v) is 17.6. The lowest BCUT2D eigenvalue weighted by Gasteiger charge is -2.34. The van der Waals surface area contributed by atoms with Gasteiger partial charge in [0, 0.05) is 42.2 Å². The molecule has 0 aliphatic carbocycles. The van der Waals surface area contributed by atoms with Crippen molar-refractivity contribution >= 4 is 55.0 Å². The number of nitrogen functional groups attached to an aromatic ring is 1. The van der Waals surface area contributed by atoms with Crippen LogP contribution in [0.4, 0.5) is 19.7 Å². The average molecular weight is 463 g/mol. The van der Waals surface area contributed by atoms with Crippen molar-refractivity contribution in [3.63, 3.8) is 0 Å². The van der Waals surface area contributed by atoms with Crippen LogP contribution in [0.5, 0.6) is 0 Å². The molecule has 7 nitrogen and oxygen atoms in total. The SMILES string of the molecule is Nc1nc2c(-c3c(Cl)cc4c(N5CCNC(CO)C5)ncnc4c3F)ccc(F)c2s1. The van der Waals surface area contributed by atoms with Crippen LogP contribution in [-0.4, -0.2) is 52.3 Å². The minimum Gasteiger partial charge on any atom is -0.395 e. The summed E-state index contributed by atoms with van der Waals surface area (Å²) in [4.78, 5) is 14.7. The van der Waals surface area contributed by atoms with Crippen LogP contribution in [0.3, 0.4) is 0 Å². The lowest BCUT2D eigenvalue weighted by atomic mass is 10.0. The first-order valence-corrected chi connectivity index (χ1v) is 10.7. The van der Waals surface area contributed by atoms with Crippen molar-refractivity contribution in [1.29, 1.82) is 0 Å². The fourth-order valence-corrected chi connectivity index (χ4v) is 5.01. The van der Waals surface area contributed by atoms with Crippen LogP contribution >= 0.6 is 22.9 Å². The Balaban J connectivity index is 1.70. The molecule has 1 atom stereocenters.